The highest BCUT2D eigenvalue weighted by molar-refractivity contribution is 7.90. The van der Waals surface area contributed by atoms with Crippen LogP contribution in [0.3, 0.4) is 0 Å². The van der Waals surface area contributed by atoms with Crippen molar-refractivity contribution in [2.75, 3.05) is 39.9 Å². The summed E-state index contributed by atoms with van der Waals surface area (Å²) in [6.45, 7) is 3.83. The largest absolute Gasteiger partial charge is 0.511 e. The van der Waals surface area contributed by atoms with Crippen LogP contribution >= 0.6 is 0 Å². The molecule has 0 amide bonds. The molecular weight excluding hydrogens is 373 g/mol. The lowest BCUT2D eigenvalue weighted by Crippen LogP contribution is -2.51. The zero-order chi connectivity index (χ0) is 19.6. The van der Waals surface area contributed by atoms with Crippen molar-refractivity contribution in [3.63, 3.8) is 0 Å². The van der Waals surface area contributed by atoms with E-state index < -0.39 is 15.5 Å². The second-order valence-corrected chi connectivity index (χ2v) is 8.02. The summed E-state index contributed by atoms with van der Waals surface area (Å²) in [6.07, 6.45) is 3.52. The van der Waals surface area contributed by atoms with Crippen LogP contribution in [-0.4, -0.2) is 70.1 Å². The predicted molar refractivity (Wildman–Crippen MR) is 94.4 cm³/mol. The quantitative estimate of drug-likeness (QED) is 0.348. The standard InChI is InChI=1S/C15H29F3N4O3S/c1-3-4-11-25-12-5-8-20-14(19-2)21-13-6-9-22(10-7-13)26(23,24)15(16,17)18/h13H,3-12H2,1-2H3,(H2,19,20,21). The van der Waals surface area contributed by atoms with Gasteiger partial charge in [0.1, 0.15) is 0 Å². The Kier molecular flexibility index (Phi) is 9.66. The average molecular weight is 402 g/mol. The van der Waals surface area contributed by atoms with E-state index in [1.165, 1.54) is 0 Å². The normalized spacial score (nSPS) is 18.1. The molecule has 2 N–H and O–H groups in total. The van der Waals surface area contributed by atoms with Crippen molar-refractivity contribution >= 4 is 16.0 Å². The number of guanidine groups is 1. The summed E-state index contributed by atoms with van der Waals surface area (Å²) in [5, 5.41) is 6.24. The highest BCUT2D eigenvalue weighted by atomic mass is 32.2. The van der Waals surface area contributed by atoms with Gasteiger partial charge in [0.15, 0.2) is 5.96 Å². The van der Waals surface area contributed by atoms with Crippen LogP contribution in [0.4, 0.5) is 13.2 Å². The topological polar surface area (TPSA) is 83.0 Å². The third-order valence-corrected chi connectivity index (χ3v) is 5.68. The Labute approximate surface area is 153 Å². The van der Waals surface area contributed by atoms with Crippen LogP contribution in [-0.2, 0) is 14.8 Å². The fraction of sp³-hybridized carbons (Fsp3) is 0.933. The fourth-order valence-electron chi connectivity index (χ4n) is 2.50. The molecule has 1 heterocycles. The first-order chi connectivity index (χ1) is 12.2. The second-order valence-electron chi connectivity index (χ2n) is 6.09. The van der Waals surface area contributed by atoms with Crippen LogP contribution in [0.25, 0.3) is 0 Å². The van der Waals surface area contributed by atoms with E-state index in [9.17, 15) is 21.6 Å². The fourth-order valence-corrected chi connectivity index (χ4v) is 3.49. The maximum atomic E-state index is 12.6. The van der Waals surface area contributed by atoms with E-state index in [1.807, 2.05) is 0 Å². The van der Waals surface area contributed by atoms with Gasteiger partial charge in [-0.2, -0.15) is 17.5 Å². The van der Waals surface area contributed by atoms with Crippen molar-refractivity contribution in [3.8, 4) is 0 Å². The van der Waals surface area contributed by atoms with Gasteiger partial charge in [-0.15, -0.1) is 0 Å². The number of aliphatic imine (C=N–C) groups is 1. The lowest BCUT2D eigenvalue weighted by atomic mass is 10.1. The van der Waals surface area contributed by atoms with E-state index >= 15 is 0 Å². The molecule has 1 aliphatic rings. The van der Waals surface area contributed by atoms with Gasteiger partial charge in [0.05, 0.1) is 0 Å². The molecule has 0 aromatic rings. The number of piperidine rings is 1. The summed E-state index contributed by atoms with van der Waals surface area (Å²) >= 11 is 0. The van der Waals surface area contributed by atoms with Crippen molar-refractivity contribution < 1.29 is 26.3 Å². The number of nitrogens with zero attached hydrogens (tertiary/aromatic N) is 2. The van der Waals surface area contributed by atoms with Crippen molar-refractivity contribution in [2.45, 2.75) is 50.6 Å². The molecule has 0 radical (unpaired) electrons. The van der Waals surface area contributed by atoms with Crippen LogP contribution in [0, 0.1) is 0 Å². The van der Waals surface area contributed by atoms with E-state index in [1.54, 1.807) is 7.05 Å². The third-order valence-electron chi connectivity index (χ3n) is 4.05. The van der Waals surface area contributed by atoms with E-state index in [-0.39, 0.29) is 32.0 Å². The molecule has 0 atom stereocenters. The van der Waals surface area contributed by atoms with Crippen molar-refractivity contribution in [3.05, 3.63) is 0 Å². The summed E-state index contributed by atoms with van der Waals surface area (Å²) in [7, 11) is -3.63. The van der Waals surface area contributed by atoms with E-state index in [0.717, 1.165) is 25.9 Å². The summed E-state index contributed by atoms with van der Waals surface area (Å²) in [5.74, 6) is 0.552. The van der Waals surface area contributed by atoms with Gasteiger partial charge in [-0.05, 0) is 25.7 Å². The molecule has 1 rings (SSSR count). The number of hydrogen-bond donors (Lipinski definition) is 2. The smallest absolute Gasteiger partial charge is 0.381 e. The Morgan fingerprint density at radius 1 is 1.23 bits per heavy atom. The molecule has 0 aromatic carbocycles. The first-order valence-corrected chi connectivity index (χ1v) is 10.3. The summed E-state index contributed by atoms with van der Waals surface area (Å²) in [6, 6.07) is -0.123. The van der Waals surface area contributed by atoms with Gasteiger partial charge in [0.2, 0.25) is 0 Å². The van der Waals surface area contributed by atoms with E-state index in [4.69, 9.17) is 4.74 Å². The monoisotopic (exact) mass is 402 g/mol. The molecule has 0 aromatic heterocycles. The van der Waals surface area contributed by atoms with Gasteiger partial charge in [0, 0.05) is 45.9 Å². The Balaban J connectivity index is 2.30. The number of unbranched alkanes of at least 4 members (excludes halogenated alkanes) is 1. The number of alkyl halides is 3. The van der Waals surface area contributed by atoms with Gasteiger partial charge in [-0.25, -0.2) is 8.42 Å². The third kappa shape index (κ3) is 7.28. The van der Waals surface area contributed by atoms with Gasteiger partial charge < -0.3 is 15.4 Å². The molecule has 154 valence electrons. The molecular formula is C15H29F3N4O3S. The SMILES string of the molecule is CCCCOCCCNC(=NC)NC1CCN(S(=O)(=O)C(F)(F)F)CC1. The molecule has 1 saturated heterocycles. The number of sulfonamides is 1. The molecule has 0 saturated carbocycles. The highest BCUT2D eigenvalue weighted by Crippen LogP contribution is 2.28. The molecule has 0 unspecified atom stereocenters. The minimum Gasteiger partial charge on any atom is -0.381 e. The molecule has 1 fully saturated rings. The van der Waals surface area contributed by atoms with E-state index in [2.05, 4.69) is 22.5 Å². The predicted octanol–water partition coefficient (Wildman–Crippen LogP) is 1.67. The van der Waals surface area contributed by atoms with Crippen LogP contribution in [0.1, 0.15) is 39.0 Å². The van der Waals surface area contributed by atoms with Gasteiger partial charge >= 0.3 is 15.5 Å². The Morgan fingerprint density at radius 3 is 2.38 bits per heavy atom. The Morgan fingerprint density at radius 2 is 1.85 bits per heavy atom. The van der Waals surface area contributed by atoms with Crippen molar-refractivity contribution in [2.24, 2.45) is 4.99 Å². The van der Waals surface area contributed by atoms with E-state index in [0.29, 0.717) is 23.4 Å². The summed E-state index contributed by atoms with van der Waals surface area (Å²) < 4.78 is 66.4. The first kappa shape index (κ1) is 23.0. The maximum absolute atomic E-state index is 12.6. The molecule has 0 spiro atoms. The maximum Gasteiger partial charge on any atom is 0.511 e. The van der Waals surface area contributed by atoms with Gasteiger partial charge in [-0.1, -0.05) is 13.3 Å². The zero-order valence-corrected chi connectivity index (χ0v) is 16.1. The molecule has 0 aliphatic carbocycles. The number of ether oxygens (including phenoxy) is 1. The van der Waals surface area contributed by atoms with Crippen LogP contribution < -0.4 is 10.6 Å². The molecule has 26 heavy (non-hydrogen) atoms. The van der Waals surface area contributed by atoms with Gasteiger partial charge in [0.25, 0.3) is 0 Å². The first-order valence-electron chi connectivity index (χ1n) is 8.83. The number of hydrogen-bond acceptors (Lipinski definition) is 4. The second kappa shape index (κ2) is 10.9. The lowest BCUT2D eigenvalue weighted by molar-refractivity contribution is -0.0494. The minimum atomic E-state index is -5.25. The number of halogens is 3. The van der Waals surface area contributed by atoms with Crippen molar-refractivity contribution in [1.82, 2.24) is 14.9 Å². The zero-order valence-electron chi connectivity index (χ0n) is 15.3. The van der Waals surface area contributed by atoms with Crippen LogP contribution in [0.15, 0.2) is 4.99 Å². The summed E-state index contributed by atoms with van der Waals surface area (Å²) in [4.78, 5) is 4.08. The highest BCUT2D eigenvalue weighted by Gasteiger charge is 2.50. The molecule has 1 aliphatic heterocycles. The average Bonchev–Trinajstić information content (AvgIpc) is 2.59. The van der Waals surface area contributed by atoms with Crippen LogP contribution in [0.5, 0.6) is 0 Å². The Hall–Kier alpha value is -1.07. The lowest BCUT2D eigenvalue weighted by Gasteiger charge is -2.32. The molecule has 7 nitrogen and oxygen atoms in total. The summed E-state index contributed by atoms with van der Waals surface area (Å²) in [5.41, 5.74) is -5.25. The van der Waals surface area contributed by atoms with Crippen LogP contribution in [0.2, 0.25) is 0 Å². The molecule has 0 bridgehead atoms. The number of nitrogens with one attached hydrogen (secondary N) is 2. The number of rotatable bonds is 9. The van der Waals surface area contributed by atoms with Crippen molar-refractivity contribution in [1.29, 1.82) is 0 Å². The van der Waals surface area contributed by atoms with Gasteiger partial charge in [-0.3, -0.25) is 4.99 Å². The minimum absolute atomic E-state index is 0.123. The Bertz CT molecular complexity index is 533. The molecule has 11 heteroatoms.